The number of nitrogens with two attached hydrogens (primary N) is 1. The second-order valence-corrected chi connectivity index (χ2v) is 5.16. The quantitative estimate of drug-likeness (QED) is 0.830. The monoisotopic (exact) mass is 273 g/mol. The fraction of sp³-hybridized carbons (Fsp3) is 0.455. The molecule has 0 aromatic heterocycles. The SMILES string of the molecule is NC1CCCC1c1ccc(Cl)cc1Br. The lowest BCUT2D eigenvalue weighted by atomic mass is 9.95. The molecule has 2 rings (SSSR count). The number of hydrogen-bond acceptors (Lipinski definition) is 1. The zero-order valence-electron chi connectivity index (χ0n) is 7.84. The van der Waals surface area contributed by atoms with Crippen LogP contribution >= 0.6 is 27.5 Å². The average Bonchev–Trinajstić information content (AvgIpc) is 2.52. The summed E-state index contributed by atoms with van der Waals surface area (Å²) >= 11 is 9.44. The highest BCUT2D eigenvalue weighted by molar-refractivity contribution is 9.10. The van der Waals surface area contributed by atoms with Gasteiger partial charge >= 0.3 is 0 Å². The molecule has 1 aliphatic rings. The maximum atomic E-state index is 6.06. The van der Waals surface area contributed by atoms with Crippen molar-refractivity contribution >= 4 is 27.5 Å². The fourth-order valence-electron chi connectivity index (χ4n) is 2.18. The lowest BCUT2D eigenvalue weighted by Crippen LogP contribution is -2.22. The molecule has 0 heterocycles. The summed E-state index contributed by atoms with van der Waals surface area (Å²) in [6.07, 6.45) is 3.57. The van der Waals surface area contributed by atoms with Gasteiger partial charge in [-0.3, -0.25) is 0 Å². The Balaban J connectivity index is 2.31. The molecule has 0 bridgehead atoms. The summed E-state index contributed by atoms with van der Waals surface area (Å²) in [5, 5.41) is 0.771. The second kappa shape index (κ2) is 4.21. The highest BCUT2D eigenvalue weighted by atomic mass is 79.9. The van der Waals surface area contributed by atoms with Crippen LogP contribution in [0, 0.1) is 0 Å². The molecule has 76 valence electrons. The average molecular weight is 275 g/mol. The maximum Gasteiger partial charge on any atom is 0.0417 e. The molecule has 1 nitrogen and oxygen atoms in total. The van der Waals surface area contributed by atoms with Crippen molar-refractivity contribution in [3.05, 3.63) is 33.3 Å². The summed E-state index contributed by atoms with van der Waals surface area (Å²) in [4.78, 5) is 0. The normalized spacial score (nSPS) is 26.8. The van der Waals surface area contributed by atoms with Crippen molar-refractivity contribution in [2.75, 3.05) is 0 Å². The molecule has 0 radical (unpaired) electrons. The molecule has 2 N–H and O–H groups in total. The van der Waals surface area contributed by atoms with Crippen molar-refractivity contribution in [2.45, 2.75) is 31.2 Å². The summed E-state index contributed by atoms with van der Waals surface area (Å²) in [7, 11) is 0. The standard InChI is InChI=1S/C11H13BrClN/c12-10-6-7(13)4-5-8(10)9-2-1-3-11(9)14/h4-6,9,11H,1-3,14H2. The molecule has 0 amide bonds. The van der Waals surface area contributed by atoms with E-state index in [1.807, 2.05) is 12.1 Å². The van der Waals surface area contributed by atoms with Gasteiger partial charge in [-0.05, 0) is 30.5 Å². The minimum atomic E-state index is 0.312. The fourth-order valence-corrected chi connectivity index (χ4v) is 3.15. The van der Waals surface area contributed by atoms with E-state index in [9.17, 15) is 0 Å². The molecule has 2 atom stereocenters. The van der Waals surface area contributed by atoms with Crippen LogP contribution in [-0.4, -0.2) is 6.04 Å². The Labute approximate surface area is 97.8 Å². The number of halogens is 2. The van der Waals surface area contributed by atoms with Crippen LogP contribution in [0.4, 0.5) is 0 Å². The lowest BCUT2D eigenvalue weighted by molar-refractivity contribution is 0.611. The van der Waals surface area contributed by atoms with Gasteiger partial charge in [0, 0.05) is 21.5 Å². The van der Waals surface area contributed by atoms with E-state index in [-0.39, 0.29) is 0 Å². The largest absolute Gasteiger partial charge is 0.327 e. The van der Waals surface area contributed by atoms with Crippen LogP contribution in [0.2, 0.25) is 5.02 Å². The minimum absolute atomic E-state index is 0.312. The van der Waals surface area contributed by atoms with Gasteiger partial charge in [0.25, 0.3) is 0 Å². The second-order valence-electron chi connectivity index (χ2n) is 3.87. The zero-order valence-corrected chi connectivity index (χ0v) is 10.2. The first-order valence-corrected chi connectivity index (χ1v) is 6.06. The number of benzene rings is 1. The molecule has 2 unspecified atom stereocenters. The summed E-state index contributed by atoms with van der Waals surface area (Å²) < 4.78 is 1.09. The van der Waals surface area contributed by atoms with Crippen molar-refractivity contribution in [3.63, 3.8) is 0 Å². The van der Waals surface area contributed by atoms with Gasteiger partial charge in [0.2, 0.25) is 0 Å². The first-order chi connectivity index (χ1) is 6.68. The van der Waals surface area contributed by atoms with E-state index in [2.05, 4.69) is 22.0 Å². The van der Waals surface area contributed by atoms with Gasteiger partial charge in [-0.2, -0.15) is 0 Å². The first-order valence-electron chi connectivity index (χ1n) is 4.89. The summed E-state index contributed by atoms with van der Waals surface area (Å²) in [6, 6.07) is 6.28. The highest BCUT2D eigenvalue weighted by Gasteiger charge is 2.26. The summed E-state index contributed by atoms with van der Waals surface area (Å²) in [5.74, 6) is 0.502. The Morgan fingerprint density at radius 1 is 1.36 bits per heavy atom. The molecule has 0 aliphatic heterocycles. The third kappa shape index (κ3) is 1.97. The molecule has 3 heteroatoms. The number of rotatable bonds is 1. The van der Waals surface area contributed by atoms with E-state index in [0.717, 1.165) is 15.9 Å². The summed E-state index contributed by atoms with van der Waals surface area (Å²) in [6.45, 7) is 0. The smallest absolute Gasteiger partial charge is 0.0417 e. The van der Waals surface area contributed by atoms with Crippen LogP contribution in [0.15, 0.2) is 22.7 Å². The zero-order chi connectivity index (χ0) is 10.1. The molecule has 1 fully saturated rings. The van der Waals surface area contributed by atoms with Crippen molar-refractivity contribution < 1.29 is 0 Å². The van der Waals surface area contributed by atoms with E-state index in [1.165, 1.54) is 18.4 Å². The Hall–Kier alpha value is -0.0500. The van der Waals surface area contributed by atoms with Crippen molar-refractivity contribution in [1.29, 1.82) is 0 Å². The highest BCUT2D eigenvalue weighted by Crippen LogP contribution is 2.37. The lowest BCUT2D eigenvalue weighted by Gasteiger charge is -2.17. The third-order valence-electron chi connectivity index (χ3n) is 2.93. The predicted molar refractivity (Wildman–Crippen MR) is 63.7 cm³/mol. The van der Waals surface area contributed by atoms with Gasteiger partial charge in [-0.1, -0.05) is 40.0 Å². The predicted octanol–water partition coefficient (Wildman–Crippen LogP) is 3.70. The molecule has 1 aromatic rings. The van der Waals surface area contributed by atoms with Gasteiger partial charge in [0.1, 0.15) is 0 Å². The van der Waals surface area contributed by atoms with Crippen LogP contribution in [-0.2, 0) is 0 Å². The van der Waals surface area contributed by atoms with E-state index in [0.29, 0.717) is 12.0 Å². The number of hydrogen-bond donors (Lipinski definition) is 1. The topological polar surface area (TPSA) is 26.0 Å². The molecule has 1 aromatic carbocycles. The van der Waals surface area contributed by atoms with Crippen LogP contribution < -0.4 is 5.73 Å². The third-order valence-corrected chi connectivity index (χ3v) is 3.85. The molecule has 0 saturated heterocycles. The Bertz CT molecular complexity index is 340. The molecular weight excluding hydrogens is 261 g/mol. The van der Waals surface area contributed by atoms with Gasteiger partial charge in [0.05, 0.1) is 0 Å². The molecule has 1 saturated carbocycles. The van der Waals surface area contributed by atoms with E-state index in [1.54, 1.807) is 0 Å². The van der Waals surface area contributed by atoms with Gasteiger partial charge in [0.15, 0.2) is 0 Å². The van der Waals surface area contributed by atoms with Crippen molar-refractivity contribution in [3.8, 4) is 0 Å². The van der Waals surface area contributed by atoms with E-state index >= 15 is 0 Å². The van der Waals surface area contributed by atoms with Gasteiger partial charge in [-0.15, -0.1) is 0 Å². The molecule has 0 spiro atoms. The Kier molecular flexibility index (Phi) is 3.15. The molecule has 14 heavy (non-hydrogen) atoms. The molecular formula is C11H13BrClN. The van der Waals surface area contributed by atoms with E-state index < -0.39 is 0 Å². The molecule has 1 aliphatic carbocycles. The van der Waals surface area contributed by atoms with Crippen molar-refractivity contribution in [2.24, 2.45) is 5.73 Å². The van der Waals surface area contributed by atoms with Crippen LogP contribution in [0.1, 0.15) is 30.7 Å². The minimum Gasteiger partial charge on any atom is -0.327 e. The summed E-state index contributed by atoms with van der Waals surface area (Å²) in [5.41, 5.74) is 7.37. The Morgan fingerprint density at radius 2 is 2.14 bits per heavy atom. The van der Waals surface area contributed by atoms with E-state index in [4.69, 9.17) is 17.3 Å². The van der Waals surface area contributed by atoms with Crippen LogP contribution in [0.3, 0.4) is 0 Å². The first kappa shape index (κ1) is 10.5. The van der Waals surface area contributed by atoms with Gasteiger partial charge < -0.3 is 5.73 Å². The Morgan fingerprint density at radius 3 is 2.71 bits per heavy atom. The van der Waals surface area contributed by atoms with Crippen molar-refractivity contribution in [1.82, 2.24) is 0 Å². The van der Waals surface area contributed by atoms with Gasteiger partial charge in [-0.25, -0.2) is 0 Å². The van der Waals surface area contributed by atoms with Crippen LogP contribution in [0.5, 0.6) is 0 Å². The maximum absolute atomic E-state index is 6.06. The van der Waals surface area contributed by atoms with Crippen LogP contribution in [0.25, 0.3) is 0 Å².